The van der Waals surface area contributed by atoms with Gasteiger partial charge in [-0.3, -0.25) is 4.79 Å². The van der Waals surface area contributed by atoms with Gasteiger partial charge in [0.2, 0.25) is 5.91 Å². The largest absolute Gasteiger partial charge is 0.273 e. The molecular formula is C18H22N4O. The molecule has 2 aliphatic rings. The van der Waals surface area contributed by atoms with Crippen molar-refractivity contribution in [2.24, 2.45) is 5.92 Å². The van der Waals surface area contributed by atoms with Crippen LogP contribution in [0.15, 0.2) is 30.3 Å². The van der Waals surface area contributed by atoms with Gasteiger partial charge in [0.05, 0.1) is 11.4 Å². The van der Waals surface area contributed by atoms with E-state index in [2.05, 4.69) is 40.0 Å². The fourth-order valence-corrected chi connectivity index (χ4v) is 4.01. The third kappa shape index (κ3) is 2.76. The summed E-state index contributed by atoms with van der Waals surface area (Å²) >= 11 is 0. The summed E-state index contributed by atoms with van der Waals surface area (Å²) in [5.74, 6) is 0.422. The number of hydrogen-bond acceptors (Lipinski definition) is 3. The molecule has 0 saturated heterocycles. The van der Waals surface area contributed by atoms with Crippen LogP contribution in [0.2, 0.25) is 0 Å². The monoisotopic (exact) mass is 310 g/mol. The lowest BCUT2D eigenvalue weighted by Crippen LogP contribution is -2.33. The highest BCUT2D eigenvalue weighted by Gasteiger charge is 2.34. The van der Waals surface area contributed by atoms with Gasteiger partial charge in [-0.1, -0.05) is 36.8 Å². The summed E-state index contributed by atoms with van der Waals surface area (Å²) in [4.78, 5) is 14.4. The second-order valence-corrected chi connectivity index (χ2v) is 6.63. The summed E-state index contributed by atoms with van der Waals surface area (Å²) in [6.07, 6.45) is 7.37. The lowest BCUT2D eigenvalue weighted by molar-refractivity contribution is -0.121. The Balaban J connectivity index is 1.51. The van der Waals surface area contributed by atoms with Crippen LogP contribution in [0.5, 0.6) is 0 Å². The SMILES string of the molecule is O=C(Nn1nnc2c1CCCC2)C1CCCC1c1ccccc1. The standard InChI is InChI=1S/C18H22N4O/c23-18(20-22-17-12-5-4-11-16(17)19-21-22)15-10-6-9-14(15)13-7-2-1-3-8-13/h1-3,7-8,14-15H,4-6,9-12H2,(H,20,23). The molecule has 2 atom stereocenters. The van der Waals surface area contributed by atoms with Crippen molar-refractivity contribution in [1.29, 1.82) is 0 Å². The van der Waals surface area contributed by atoms with Crippen molar-refractivity contribution < 1.29 is 4.79 Å². The number of carbonyl (C=O) groups is 1. The van der Waals surface area contributed by atoms with Crippen molar-refractivity contribution in [1.82, 2.24) is 15.1 Å². The number of rotatable bonds is 3. The summed E-state index contributed by atoms with van der Waals surface area (Å²) in [5, 5.41) is 8.35. The molecule has 1 saturated carbocycles. The molecule has 4 rings (SSSR count). The number of nitrogens with zero attached hydrogens (tertiary/aromatic N) is 3. The van der Waals surface area contributed by atoms with Crippen LogP contribution in [0, 0.1) is 5.92 Å². The summed E-state index contributed by atoms with van der Waals surface area (Å²) in [7, 11) is 0. The van der Waals surface area contributed by atoms with Crippen molar-refractivity contribution in [3.8, 4) is 0 Å². The van der Waals surface area contributed by atoms with Crippen molar-refractivity contribution >= 4 is 5.91 Å². The van der Waals surface area contributed by atoms with E-state index >= 15 is 0 Å². The third-order valence-electron chi connectivity index (χ3n) is 5.22. The average Bonchev–Trinajstić information content (AvgIpc) is 3.23. The van der Waals surface area contributed by atoms with Gasteiger partial charge in [-0.2, -0.15) is 4.79 Å². The Hall–Kier alpha value is -2.17. The average molecular weight is 310 g/mol. The predicted molar refractivity (Wildman–Crippen MR) is 87.6 cm³/mol. The van der Waals surface area contributed by atoms with E-state index in [-0.39, 0.29) is 11.8 Å². The summed E-state index contributed by atoms with van der Waals surface area (Å²) in [6, 6.07) is 10.4. The summed E-state index contributed by atoms with van der Waals surface area (Å²) < 4.78 is 0. The second-order valence-electron chi connectivity index (χ2n) is 6.63. The number of aromatic nitrogens is 3. The molecule has 2 aromatic rings. The number of aryl methyl sites for hydroxylation is 1. The maximum absolute atomic E-state index is 12.8. The topological polar surface area (TPSA) is 59.8 Å². The van der Waals surface area contributed by atoms with Crippen LogP contribution in [0.4, 0.5) is 0 Å². The number of fused-ring (bicyclic) bond motifs is 1. The van der Waals surface area contributed by atoms with E-state index in [1.54, 1.807) is 4.79 Å². The first-order chi connectivity index (χ1) is 11.3. The quantitative estimate of drug-likeness (QED) is 0.948. The molecule has 1 heterocycles. The molecule has 1 amide bonds. The zero-order valence-electron chi connectivity index (χ0n) is 13.2. The molecule has 2 unspecified atom stereocenters. The van der Waals surface area contributed by atoms with Crippen LogP contribution >= 0.6 is 0 Å². The number of amides is 1. The minimum absolute atomic E-state index is 0.0286. The molecule has 5 heteroatoms. The van der Waals surface area contributed by atoms with Gasteiger partial charge >= 0.3 is 0 Å². The van der Waals surface area contributed by atoms with Crippen LogP contribution in [0.1, 0.15) is 55.0 Å². The first kappa shape index (κ1) is 14.4. The van der Waals surface area contributed by atoms with Gasteiger partial charge in [0, 0.05) is 5.92 Å². The van der Waals surface area contributed by atoms with Gasteiger partial charge in [-0.25, -0.2) is 5.43 Å². The molecular weight excluding hydrogens is 288 g/mol. The van der Waals surface area contributed by atoms with Gasteiger partial charge in [-0.15, -0.1) is 5.10 Å². The van der Waals surface area contributed by atoms with Gasteiger partial charge < -0.3 is 0 Å². The normalized spacial score (nSPS) is 23.5. The maximum atomic E-state index is 12.8. The molecule has 23 heavy (non-hydrogen) atoms. The highest BCUT2D eigenvalue weighted by atomic mass is 16.2. The molecule has 0 radical (unpaired) electrons. The minimum atomic E-state index is 0.0286. The molecule has 1 aromatic heterocycles. The van der Waals surface area contributed by atoms with Gasteiger partial charge in [0.25, 0.3) is 0 Å². The zero-order valence-corrected chi connectivity index (χ0v) is 13.2. The highest BCUT2D eigenvalue weighted by Crippen LogP contribution is 2.39. The van der Waals surface area contributed by atoms with E-state index in [1.165, 1.54) is 12.0 Å². The minimum Gasteiger partial charge on any atom is -0.273 e. The molecule has 2 aliphatic carbocycles. The Morgan fingerprint density at radius 1 is 1.09 bits per heavy atom. The van der Waals surface area contributed by atoms with E-state index in [0.29, 0.717) is 5.92 Å². The predicted octanol–water partition coefficient (Wildman–Crippen LogP) is 2.81. The lowest BCUT2D eigenvalue weighted by atomic mass is 9.88. The zero-order chi connectivity index (χ0) is 15.6. The van der Waals surface area contributed by atoms with E-state index in [1.807, 2.05) is 6.07 Å². The number of benzene rings is 1. The Morgan fingerprint density at radius 3 is 2.78 bits per heavy atom. The lowest BCUT2D eigenvalue weighted by Gasteiger charge is -2.20. The fourth-order valence-electron chi connectivity index (χ4n) is 4.01. The van der Waals surface area contributed by atoms with Crippen molar-refractivity contribution in [2.75, 3.05) is 5.43 Å². The van der Waals surface area contributed by atoms with Crippen LogP contribution in [0.3, 0.4) is 0 Å². The molecule has 0 spiro atoms. The van der Waals surface area contributed by atoms with E-state index in [4.69, 9.17) is 0 Å². The molecule has 0 aliphatic heterocycles. The number of nitrogens with one attached hydrogen (secondary N) is 1. The summed E-state index contributed by atoms with van der Waals surface area (Å²) in [6.45, 7) is 0. The Morgan fingerprint density at radius 2 is 1.91 bits per heavy atom. The van der Waals surface area contributed by atoms with Crippen LogP contribution in [-0.2, 0) is 17.6 Å². The van der Waals surface area contributed by atoms with Gasteiger partial charge in [-0.05, 0) is 55.2 Å². The van der Waals surface area contributed by atoms with Crippen molar-refractivity contribution in [3.63, 3.8) is 0 Å². The molecule has 0 bridgehead atoms. The molecule has 5 nitrogen and oxygen atoms in total. The molecule has 1 aromatic carbocycles. The second kappa shape index (κ2) is 6.14. The van der Waals surface area contributed by atoms with Gasteiger partial charge in [0.15, 0.2) is 0 Å². The third-order valence-corrected chi connectivity index (χ3v) is 5.22. The number of hydrogen-bond donors (Lipinski definition) is 1. The van der Waals surface area contributed by atoms with E-state index in [9.17, 15) is 4.79 Å². The van der Waals surface area contributed by atoms with E-state index < -0.39 is 0 Å². The van der Waals surface area contributed by atoms with Crippen molar-refractivity contribution in [3.05, 3.63) is 47.3 Å². The molecule has 1 N–H and O–H groups in total. The first-order valence-electron chi connectivity index (χ1n) is 8.62. The highest BCUT2D eigenvalue weighted by molar-refractivity contribution is 5.87. The Kier molecular flexibility index (Phi) is 3.85. The molecule has 1 fully saturated rings. The Bertz CT molecular complexity index is 694. The van der Waals surface area contributed by atoms with Crippen LogP contribution in [0.25, 0.3) is 0 Å². The fraction of sp³-hybridized carbons (Fsp3) is 0.500. The Labute approximate surface area is 136 Å². The van der Waals surface area contributed by atoms with Crippen LogP contribution < -0.4 is 5.43 Å². The number of carbonyl (C=O) groups excluding carboxylic acids is 1. The van der Waals surface area contributed by atoms with Gasteiger partial charge in [0.1, 0.15) is 0 Å². The van der Waals surface area contributed by atoms with E-state index in [0.717, 1.165) is 49.9 Å². The molecule has 120 valence electrons. The van der Waals surface area contributed by atoms with Crippen LogP contribution in [-0.4, -0.2) is 21.0 Å². The summed E-state index contributed by atoms with van der Waals surface area (Å²) in [5.41, 5.74) is 6.39. The van der Waals surface area contributed by atoms with Crippen molar-refractivity contribution in [2.45, 2.75) is 50.9 Å². The maximum Gasteiger partial charge on any atom is 0.243 e. The smallest absolute Gasteiger partial charge is 0.243 e. The first-order valence-corrected chi connectivity index (χ1v) is 8.62.